The van der Waals surface area contributed by atoms with Gasteiger partial charge >= 0.3 is 5.97 Å². The second kappa shape index (κ2) is 5.11. The second-order valence-corrected chi connectivity index (χ2v) is 2.12. The number of alkyl halides is 1. The lowest BCUT2D eigenvalue weighted by Crippen LogP contribution is -2.05. The van der Waals surface area contributed by atoms with Crippen LogP contribution < -0.4 is 5.73 Å². The highest BCUT2D eigenvalue weighted by Gasteiger charge is 1.95. The van der Waals surface area contributed by atoms with E-state index in [2.05, 4.69) is 4.74 Å². The van der Waals surface area contributed by atoms with E-state index in [1.54, 1.807) is 6.92 Å². The van der Waals surface area contributed by atoms with Crippen molar-refractivity contribution in [2.24, 2.45) is 5.73 Å². The molecule has 0 aliphatic heterocycles. The van der Waals surface area contributed by atoms with Crippen molar-refractivity contribution in [3.05, 3.63) is 11.8 Å². The SMILES string of the molecule is C/C(N)=C/C(=O)OCCCl. The predicted molar refractivity (Wildman–Crippen MR) is 39.6 cm³/mol. The molecular formula is C6H10ClNO2. The molecule has 58 valence electrons. The van der Waals surface area contributed by atoms with E-state index in [0.717, 1.165) is 0 Å². The number of esters is 1. The zero-order valence-electron chi connectivity index (χ0n) is 5.76. The standard InChI is InChI=1S/C6H10ClNO2/c1-5(8)4-6(9)10-3-2-7/h4H,2-3,8H2,1H3/b5-4-. The summed E-state index contributed by atoms with van der Waals surface area (Å²) in [7, 11) is 0. The van der Waals surface area contributed by atoms with Gasteiger partial charge in [0.25, 0.3) is 0 Å². The van der Waals surface area contributed by atoms with Crippen molar-refractivity contribution in [1.82, 2.24) is 0 Å². The summed E-state index contributed by atoms with van der Waals surface area (Å²) in [6.45, 7) is 1.84. The van der Waals surface area contributed by atoms with Crippen LogP contribution in [0, 0.1) is 0 Å². The smallest absolute Gasteiger partial charge is 0.332 e. The third kappa shape index (κ3) is 5.44. The van der Waals surface area contributed by atoms with Crippen LogP contribution in [-0.2, 0) is 9.53 Å². The summed E-state index contributed by atoms with van der Waals surface area (Å²) in [4.78, 5) is 10.6. The Labute approximate surface area is 64.8 Å². The molecule has 0 aromatic rings. The molecule has 4 heteroatoms. The predicted octanol–water partition coefficient (Wildman–Crippen LogP) is 0.631. The third-order valence-corrected chi connectivity index (χ3v) is 0.821. The molecule has 0 aromatic carbocycles. The van der Waals surface area contributed by atoms with Crippen LogP contribution in [0.2, 0.25) is 0 Å². The summed E-state index contributed by atoms with van der Waals surface area (Å²) in [5.74, 6) is -0.135. The molecule has 0 saturated carbocycles. The van der Waals surface area contributed by atoms with E-state index < -0.39 is 5.97 Å². The molecule has 0 atom stereocenters. The number of carbonyl (C=O) groups excluding carboxylic acids is 1. The number of carbonyl (C=O) groups is 1. The van der Waals surface area contributed by atoms with E-state index in [9.17, 15) is 4.79 Å². The van der Waals surface area contributed by atoms with Crippen LogP contribution in [0.3, 0.4) is 0 Å². The van der Waals surface area contributed by atoms with Gasteiger partial charge in [-0.3, -0.25) is 0 Å². The van der Waals surface area contributed by atoms with Crippen molar-refractivity contribution in [3.63, 3.8) is 0 Å². The third-order valence-electron chi connectivity index (χ3n) is 0.667. The van der Waals surface area contributed by atoms with E-state index in [4.69, 9.17) is 17.3 Å². The number of halogens is 1. The molecule has 2 N–H and O–H groups in total. The molecule has 10 heavy (non-hydrogen) atoms. The van der Waals surface area contributed by atoms with E-state index in [1.807, 2.05) is 0 Å². The number of ether oxygens (including phenoxy) is 1. The number of hydrogen-bond donors (Lipinski definition) is 1. The Hall–Kier alpha value is -0.700. The molecule has 0 aliphatic rings. The van der Waals surface area contributed by atoms with Gasteiger partial charge in [0, 0.05) is 11.8 Å². The number of nitrogens with two attached hydrogens (primary N) is 1. The van der Waals surface area contributed by atoms with Crippen LogP contribution in [0.4, 0.5) is 0 Å². The fourth-order valence-corrected chi connectivity index (χ4v) is 0.444. The molecule has 0 amide bonds. The van der Waals surface area contributed by atoms with Gasteiger partial charge in [-0.2, -0.15) is 0 Å². The summed E-state index contributed by atoms with van der Waals surface area (Å²) in [5, 5.41) is 0. The van der Waals surface area contributed by atoms with Gasteiger partial charge in [0.05, 0.1) is 5.88 Å². The van der Waals surface area contributed by atoms with Crippen molar-refractivity contribution in [1.29, 1.82) is 0 Å². The lowest BCUT2D eigenvalue weighted by molar-refractivity contribution is -0.137. The van der Waals surface area contributed by atoms with Crippen LogP contribution in [-0.4, -0.2) is 18.5 Å². The summed E-state index contributed by atoms with van der Waals surface area (Å²) < 4.78 is 4.57. The largest absolute Gasteiger partial charge is 0.461 e. The van der Waals surface area contributed by atoms with Crippen molar-refractivity contribution in [3.8, 4) is 0 Å². The van der Waals surface area contributed by atoms with Gasteiger partial charge in [0.1, 0.15) is 6.61 Å². The molecule has 3 nitrogen and oxygen atoms in total. The minimum absolute atomic E-state index is 0.226. The number of rotatable bonds is 3. The minimum Gasteiger partial charge on any atom is -0.461 e. The molecule has 0 unspecified atom stereocenters. The first-order chi connectivity index (χ1) is 4.66. The van der Waals surface area contributed by atoms with E-state index in [1.165, 1.54) is 6.08 Å². The van der Waals surface area contributed by atoms with E-state index in [-0.39, 0.29) is 6.61 Å². The molecule has 0 aromatic heterocycles. The molecule has 0 fully saturated rings. The zero-order chi connectivity index (χ0) is 7.98. The lowest BCUT2D eigenvalue weighted by Gasteiger charge is -1.96. The van der Waals surface area contributed by atoms with Crippen molar-refractivity contribution < 1.29 is 9.53 Å². The monoisotopic (exact) mass is 163 g/mol. The highest BCUT2D eigenvalue weighted by Crippen LogP contribution is 1.86. The van der Waals surface area contributed by atoms with Crippen molar-refractivity contribution >= 4 is 17.6 Å². The van der Waals surface area contributed by atoms with E-state index >= 15 is 0 Å². The summed E-state index contributed by atoms with van der Waals surface area (Å²) in [6.07, 6.45) is 1.21. The Balaban J connectivity index is 3.54. The Morgan fingerprint density at radius 2 is 2.40 bits per heavy atom. The first-order valence-electron chi connectivity index (χ1n) is 2.83. The molecular weight excluding hydrogens is 154 g/mol. The average Bonchev–Trinajstić information content (AvgIpc) is 1.82. The van der Waals surface area contributed by atoms with Crippen LogP contribution in [0.25, 0.3) is 0 Å². The summed E-state index contributed by atoms with van der Waals surface area (Å²) in [5.41, 5.74) is 5.62. The van der Waals surface area contributed by atoms with Crippen molar-refractivity contribution in [2.45, 2.75) is 6.92 Å². The number of allylic oxidation sites excluding steroid dienone is 1. The maximum absolute atomic E-state index is 10.6. The Bertz CT molecular complexity index is 141. The van der Waals surface area contributed by atoms with Crippen LogP contribution in [0.15, 0.2) is 11.8 Å². The Kier molecular flexibility index (Phi) is 4.76. The van der Waals surface area contributed by atoms with Gasteiger partial charge in [-0.15, -0.1) is 11.6 Å². The first-order valence-corrected chi connectivity index (χ1v) is 3.36. The van der Waals surface area contributed by atoms with Gasteiger partial charge < -0.3 is 10.5 Å². The first kappa shape index (κ1) is 9.30. The van der Waals surface area contributed by atoms with E-state index in [0.29, 0.717) is 11.6 Å². The zero-order valence-corrected chi connectivity index (χ0v) is 6.52. The lowest BCUT2D eigenvalue weighted by atomic mass is 10.4. The molecule has 0 aliphatic carbocycles. The quantitative estimate of drug-likeness (QED) is 0.377. The molecule has 0 radical (unpaired) electrons. The molecule has 0 spiro atoms. The summed E-state index contributed by atoms with van der Waals surface area (Å²) >= 11 is 5.25. The highest BCUT2D eigenvalue weighted by molar-refractivity contribution is 6.18. The van der Waals surface area contributed by atoms with Crippen LogP contribution in [0.1, 0.15) is 6.92 Å². The molecule has 0 bridgehead atoms. The van der Waals surface area contributed by atoms with Gasteiger partial charge in [-0.25, -0.2) is 4.79 Å². The fourth-order valence-electron chi connectivity index (χ4n) is 0.367. The maximum atomic E-state index is 10.6. The molecule has 0 saturated heterocycles. The maximum Gasteiger partial charge on any atom is 0.332 e. The topological polar surface area (TPSA) is 52.3 Å². The fraction of sp³-hybridized carbons (Fsp3) is 0.500. The van der Waals surface area contributed by atoms with Gasteiger partial charge in [0.15, 0.2) is 0 Å². The van der Waals surface area contributed by atoms with Crippen LogP contribution in [0.5, 0.6) is 0 Å². The van der Waals surface area contributed by atoms with Crippen LogP contribution >= 0.6 is 11.6 Å². The Morgan fingerprint density at radius 3 is 2.80 bits per heavy atom. The summed E-state index contributed by atoms with van der Waals surface area (Å²) in [6, 6.07) is 0. The van der Waals surface area contributed by atoms with Gasteiger partial charge in [-0.05, 0) is 6.92 Å². The normalized spacial score (nSPS) is 11.2. The molecule has 0 heterocycles. The minimum atomic E-state index is -0.444. The average molecular weight is 164 g/mol. The Morgan fingerprint density at radius 1 is 1.80 bits per heavy atom. The van der Waals surface area contributed by atoms with Gasteiger partial charge in [0.2, 0.25) is 0 Å². The van der Waals surface area contributed by atoms with Crippen molar-refractivity contribution in [2.75, 3.05) is 12.5 Å². The van der Waals surface area contributed by atoms with Gasteiger partial charge in [-0.1, -0.05) is 0 Å². The highest BCUT2D eigenvalue weighted by atomic mass is 35.5. The second-order valence-electron chi connectivity index (χ2n) is 1.74. The molecule has 0 rings (SSSR count). The number of hydrogen-bond acceptors (Lipinski definition) is 3.